The van der Waals surface area contributed by atoms with E-state index in [9.17, 15) is 18.0 Å². The third kappa shape index (κ3) is 4.21. The number of alkyl halides is 3. The van der Waals surface area contributed by atoms with Crippen molar-refractivity contribution in [2.24, 2.45) is 0 Å². The Balaban J connectivity index is 2.23. The largest absolute Gasteiger partial charge is 0.416 e. The van der Waals surface area contributed by atoms with Crippen molar-refractivity contribution in [3.8, 4) is 0 Å². The Labute approximate surface area is 137 Å². The summed E-state index contributed by atoms with van der Waals surface area (Å²) in [6.07, 6.45) is -3.22. The van der Waals surface area contributed by atoms with E-state index in [0.29, 0.717) is 13.1 Å². The third-order valence-corrected chi connectivity index (χ3v) is 3.40. The molecular formula is C16H17F3N4O. The van der Waals surface area contributed by atoms with Gasteiger partial charge in [-0.05, 0) is 32.0 Å². The summed E-state index contributed by atoms with van der Waals surface area (Å²) in [5.41, 5.74) is -0.353. The summed E-state index contributed by atoms with van der Waals surface area (Å²) < 4.78 is 38.2. The Morgan fingerprint density at radius 2 is 1.88 bits per heavy atom. The zero-order valence-electron chi connectivity index (χ0n) is 13.3. The number of carbonyl (C=O) groups excluding carboxylic acids is 1. The monoisotopic (exact) mass is 338 g/mol. The molecule has 8 heteroatoms. The number of halogens is 3. The molecule has 1 amide bonds. The maximum absolute atomic E-state index is 12.7. The molecule has 2 aromatic rings. The molecule has 0 spiro atoms. The van der Waals surface area contributed by atoms with Gasteiger partial charge in [0.1, 0.15) is 17.8 Å². The topological polar surface area (TPSA) is 58.1 Å². The van der Waals surface area contributed by atoms with Gasteiger partial charge in [0.25, 0.3) is 5.91 Å². The Hall–Kier alpha value is -2.64. The van der Waals surface area contributed by atoms with Gasteiger partial charge in [0.2, 0.25) is 0 Å². The van der Waals surface area contributed by atoms with Gasteiger partial charge in [0, 0.05) is 24.8 Å². The van der Waals surface area contributed by atoms with Gasteiger partial charge >= 0.3 is 6.18 Å². The van der Waals surface area contributed by atoms with E-state index in [0.717, 1.165) is 12.1 Å². The summed E-state index contributed by atoms with van der Waals surface area (Å²) in [5, 5.41) is 2.76. The molecule has 0 aliphatic heterocycles. The summed E-state index contributed by atoms with van der Waals surface area (Å²) in [7, 11) is 0. The summed E-state index contributed by atoms with van der Waals surface area (Å²) in [6, 6.07) is 6.17. The Bertz CT molecular complexity index is 714. The SMILES string of the molecule is CCN(CC)C(=O)c1cc(Nc2cccc(C(F)(F)F)c2)ncn1. The van der Waals surface area contributed by atoms with Gasteiger partial charge < -0.3 is 10.2 Å². The van der Waals surface area contributed by atoms with E-state index in [2.05, 4.69) is 15.3 Å². The van der Waals surface area contributed by atoms with E-state index in [-0.39, 0.29) is 23.1 Å². The van der Waals surface area contributed by atoms with Crippen molar-refractivity contribution in [1.82, 2.24) is 14.9 Å². The number of hydrogen-bond acceptors (Lipinski definition) is 4. The number of hydrogen-bond donors (Lipinski definition) is 1. The van der Waals surface area contributed by atoms with Crippen LogP contribution in [0.3, 0.4) is 0 Å². The van der Waals surface area contributed by atoms with Crippen molar-refractivity contribution in [1.29, 1.82) is 0 Å². The summed E-state index contributed by atoms with van der Waals surface area (Å²) in [4.78, 5) is 21.7. The average Bonchev–Trinajstić information content (AvgIpc) is 2.55. The first kappa shape index (κ1) is 17.7. The van der Waals surface area contributed by atoms with Gasteiger partial charge in [-0.1, -0.05) is 6.07 Å². The fourth-order valence-electron chi connectivity index (χ4n) is 2.14. The number of benzene rings is 1. The van der Waals surface area contributed by atoms with E-state index in [1.54, 1.807) is 4.90 Å². The van der Waals surface area contributed by atoms with E-state index in [4.69, 9.17) is 0 Å². The first-order chi connectivity index (χ1) is 11.3. The molecule has 1 aromatic heterocycles. The quantitative estimate of drug-likeness (QED) is 0.903. The lowest BCUT2D eigenvalue weighted by Gasteiger charge is -2.18. The van der Waals surface area contributed by atoms with Crippen LogP contribution in [0.4, 0.5) is 24.7 Å². The highest BCUT2D eigenvalue weighted by Gasteiger charge is 2.30. The first-order valence-corrected chi connectivity index (χ1v) is 7.40. The van der Waals surface area contributed by atoms with Crippen LogP contribution in [-0.2, 0) is 6.18 Å². The van der Waals surface area contributed by atoms with Crippen LogP contribution in [-0.4, -0.2) is 33.9 Å². The molecule has 24 heavy (non-hydrogen) atoms. The lowest BCUT2D eigenvalue weighted by molar-refractivity contribution is -0.137. The van der Waals surface area contributed by atoms with Gasteiger partial charge in [-0.2, -0.15) is 13.2 Å². The van der Waals surface area contributed by atoms with Gasteiger partial charge in [0.15, 0.2) is 0 Å². The number of amides is 1. The number of rotatable bonds is 5. The number of carbonyl (C=O) groups is 1. The van der Waals surface area contributed by atoms with Crippen molar-refractivity contribution >= 4 is 17.4 Å². The van der Waals surface area contributed by atoms with Gasteiger partial charge in [0.05, 0.1) is 5.56 Å². The molecule has 0 fully saturated rings. The molecule has 5 nitrogen and oxygen atoms in total. The number of anilines is 2. The lowest BCUT2D eigenvalue weighted by Crippen LogP contribution is -2.31. The normalized spacial score (nSPS) is 11.2. The Morgan fingerprint density at radius 1 is 1.17 bits per heavy atom. The average molecular weight is 338 g/mol. The molecule has 0 bridgehead atoms. The van der Waals surface area contributed by atoms with E-state index < -0.39 is 11.7 Å². The smallest absolute Gasteiger partial charge is 0.340 e. The van der Waals surface area contributed by atoms with Crippen molar-refractivity contribution in [3.63, 3.8) is 0 Å². The molecule has 0 radical (unpaired) electrons. The minimum Gasteiger partial charge on any atom is -0.340 e. The van der Waals surface area contributed by atoms with Crippen LogP contribution in [0.1, 0.15) is 29.9 Å². The molecule has 0 unspecified atom stereocenters. The molecular weight excluding hydrogens is 321 g/mol. The van der Waals surface area contributed by atoms with Crippen molar-refractivity contribution in [2.45, 2.75) is 20.0 Å². The summed E-state index contributed by atoms with van der Waals surface area (Å²) in [6.45, 7) is 4.78. The van der Waals surface area contributed by atoms with Crippen LogP contribution < -0.4 is 5.32 Å². The molecule has 0 aliphatic carbocycles. The van der Waals surface area contributed by atoms with Crippen LogP contribution in [0.25, 0.3) is 0 Å². The zero-order valence-corrected chi connectivity index (χ0v) is 13.3. The molecule has 1 aromatic carbocycles. The molecule has 1 heterocycles. The fraction of sp³-hybridized carbons (Fsp3) is 0.312. The number of nitrogens with one attached hydrogen (secondary N) is 1. The lowest BCUT2D eigenvalue weighted by atomic mass is 10.2. The highest BCUT2D eigenvalue weighted by molar-refractivity contribution is 5.93. The second kappa shape index (κ2) is 7.29. The van der Waals surface area contributed by atoms with E-state index >= 15 is 0 Å². The van der Waals surface area contributed by atoms with Crippen LogP contribution in [0, 0.1) is 0 Å². The highest BCUT2D eigenvalue weighted by Crippen LogP contribution is 2.31. The van der Waals surface area contributed by atoms with Crippen LogP contribution in [0.2, 0.25) is 0 Å². The van der Waals surface area contributed by atoms with Crippen LogP contribution in [0.15, 0.2) is 36.7 Å². The Kier molecular flexibility index (Phi) is 5.38. The number of aromatic nitrogens is 2. The third-order valence-electron chi connectivity index (χ3n) is 3.40. The van der Waals surface area contributed by atoms with Crippen LogP contribution in [0.5, 0.6) is 0 Å². The molecule has 0 saturated carbocycles. The molecule has 0 atom stereocenters. The minimum atomic E-state index is -4.42. The molecule has 0 saturated heterocycles. The second-order valence-electron chi connectivity index (χ2n) is 4.97. The minimum absolute atomic E-state index is 0.183. The predicted octanol–water partition coefficient (Wildman–Crippen LogP) is 3.72. The van der Waals surface area contributed by atoms with Crippen molar-refractivity contribution in [2.75, 3.05) is 18.4 Å². The van der Waals surface area contributed by atoms with Gasteiger partial charge in [-0.3, -0.25) is 4.79 Å². The first-order valence-electron chi connectivity index (χ1n) is 7.40. The maximum Gasteiger partial charge on any atom is 0.416 e. The number of nitrogens with zero attached hydrogens (tertiary/aromatic N) is 3. The van der Waals surface area contributed by atoms with Crippen molar-refractivity contribution in [3.05, 3.63) is 47.9 Å². The molecule has 0 aliphatic rings. The molecule has 128 valence electrons. The molecule has 2 rings (SSSR count). The van der Waals surface area contributed by atoms with E-state index in [1.165, 1.54) is 24.5 Å². The Morgan fingerprint density at radius 3 is 2.50 bits per heavy atom. The maximum atomic E-state index is 12.7. The summed E-state index contributed by atoms with van der Waals surface area (Å²) in [5.74, 6) is -0.00526. The van der Waals surface area contributed by atoms with Gasteiger partial charge in [-0.15, -0.1) is 0 Å². The standard InChI is InChI=1S/C16H17F3N4O/c1-3-23(4-2)15(24)13-9-14(21-10-20-13)22-12-7-5-6-11(8-12)16(17,18)19/h5-10H,3-4H2,1-2H3,(H,20,21,22). The predicted molar refractivity (Wildman–Crippen MR) is 84.0 cm³/mol. The fourth-order valence-corrected chi connectivity index (χ4v) is 2.14. The highest BCUT2D eigenvalue weighted by atomic mass is 19.4. The van der Waals surface area contributed by atoms with Gasteiger partial charge in [-0.25, -0.2) is 9.97 Å². The summed E-state index contributed by atoms with van der Waals surface area (Å²) >= 11 is 0. The second-order valence-corrected chi connectivity index (χ2v) is 4.97. The zero-order chi connectivity index (χ0) is 17.7. The van der Waals surface area contributed by atoms with E-state index in [1.807, 2.05) is 13.8 Å². The molecule has 1 N–H and O–H groups in total. The van der Waals surface area contributed by atoms with Crippen molar-refractivity contribution < 1.29 is 18.0 Å². The van der Waals surface area contributed by atoms with Crippen LogP contribution >= 0.6 is 0 Å².